The number of aryl methyl sites for hydroxylation is 1. The summed E-state index contributed by atoms with van der Waals surface area (Å²) in [4.78, 5) is 29.9. The molecule has 0 saturated heterocycles. The van der Waals surface area contributed by atoms with Gasteiger partial charge in [0.15, 0.2) is 17.2 Å². The molecule has 0 aliphatic heterocycles. The van der Waals surface area contributed by atoms with Gasteiger partial charge in [0.25, 0.3) is 11.5 Å². The third kappa shape index (κ3) is 4.85. The van der Waals surface area contributed by atoms with Gasteiger partial charge in [0.2, 0.25) is 0 Å². The molecule has 0 spiro atoms. The molecule has 0 atom stereocenters. The molecule has 0 aliphatic carbocycles. The first-order valence-corrected chi connectivity index (χ1v) is 10.6. The Hall–Kier alpha value is -4.20. The topological polar surface area (TPSA) is 95.3 Å². The molecule has 0 aliphatic rings. The maximum atomic E-state index is 13.2. The van der Waals surface area contributed by atoms with Gasteiger partial charge in [-0.1, -0.05) is 31.2 Å². The lowest BCUT2D eigenvalue weighted by atomic mass is 10.1. The average Bonchev–Trinajstić information content (AvgIpc) is 2.85. The summed E-state index contributed by atoms with van der Waals surface area (Å²) < 4.78 is 12.6. The van der Waals surface area contributed by atoms with Gasteiger partial charge in [0.1, 0.15) is 6.61 Å². The molecular formula is C25H24N4O4. The van der Waals surface area contributed by atoms with Gasteiger partial charge in [0, 0.05) is 41.6 Å². The van der Waals surface area contributed by atoms with E-state index in [0.29, 0.717) is 41.1 Å². The minimum atomic E-state index is -0.417. The SMILES string of the molecule is CCCn1nc(C(=O)Nc2ccc(OC)c(OCc3cccnc3)c2)c2ccccc2c1=O. The van der Waals surface area contributed by atoms with Crippen LogP contribution in [0.5, 0.6) is 11.5 Å². The summed E-state index contributed by atoms with van der Waals surface area (Å²) in [6.07, 6.45) is 4.14. The van der Waals surface area contributed by atoms with Crippen molar-refractivity contribution in [2.24, 2.45) is 0 Å². The van der Waals surface area contributed by atoms with Crippen LogP contribution in [0.4, 0.5) is 5.69 Å². The third-order valence-corrected chi connectivity index (χ3v) is 5.06. The van der Waals surface area contributed by atoms with E-state index in [2.05, 4.69) is 15.4 Å². The molecule has 1 N–H and O–H groups in total. The molecular weight excluding hydrogens is 420 g/mol. The molecule has 8 heteroatoms. The minimum absolute atomic E-state index is 0.187. The first-order chi connectivity index (χ1) is 16.1. The molecule has 0 radical (unpaired) electrons. The Kier molecular flexibility index (Phi) is 6.64. The van der Waals surface area contributed by atoms with Crippen molar-refractivity contribution in [3.05, 3.63) is 88.6 Å². The zero-order valence-electron chi connectivity index (χ0n) is 18.4. The molecule has 4 aromatic rings. The van der Waals surface area contributed by atoms with Crippen LogP contribution in [-0.4, -0.2) is 27.8 Å². The van der Waals surface area contributed by atoms with E-state index in [-0.39, 0.29) is 11.3 Å². The molecule has 2 aromatic heterocycles. The van der Waals surface area contributed by atoms with E-state index in [0.717, 1.165) is 12.0 Å². The summed E-state index contributed by atoms with van der Waals surface area (Å²) in [5.74, 6) is 0.601. The van der Waals surface area contributed by atoms with Gasteiger partial charge in [-0.2, -0.15) is 5.10 Å². The molecule has 4 rings (SSSR count). The summed E-state index contributed by atoms with van der Waals surface area (Å²) in [5, 5.41) is 8.18. The number of anilines is 1. The van der Waals surface area contributed by atoms with E-state index in [1.165, 1.54) is 4.68 Å². The van der Waals surface area contributed by atoms with Gasteiger partial charge < -0.3 is 14.8 Å². The number of aromatic nitrogens is 3. The van der Waals surface area contributed by atoms with Gasteiger partial charge in [-0.3, -0.25) is 14.6 Å². The van der Waals surface area contributed by atoms with Gasteiger partial charge >= 0.3 is 0 Å². The summed E-state index contributed by atoms with van der Waals surface area (Å²) in [6, 6.07) is 15.9. The van der Waals surface area contributed by atoms with Crippen LogP contribution in [-0.2, 0) is 13.2 Å². The number of methoxy groups -OCH3 is 1. The summed E-state index contributed by atoms with van der Waals surface area (Å²) >= 11 is 0. The molecule has 168 valence electrons. The van der Waals surface area contributed by atoms with Crippen LogP contribution in [0, 0.1) is 0 Å². The smallest absolute Gasteiger partial charge is 0.276 e. The highest BCUT2D eigenvalue weighted by atomic mass is 16.5. The van der Waals surface area contributed by atoms with Crippen molar-refractivity contribution in [2.75, 3.05) is 12.4 Å². The number of amides is 1. The largest absolute Gasteiger partial charge is 0.493 e. The fraction of sp³-hybridized carbons (Fsp3) is 0.200. The molecule has 1 amide bonds. The van der Waals surface area contributed by atoms with Crippen LogP contribution in [0.3, 0.4) is 0 Å². The Bertz CT molecular complexity index is 1340. The maximum Gasteiger partial charge on any atom is 0.276 e. The monoisotopic (exact) mass is 444 g/mol. The van der Waals surface area contributed by atoms with E-state index >= 15 is 0 Å². The van der Waals surface area contributed by atoms with Crippen LogP contribution in [0.15, 0.2) is 71.8 Å². The molecule has 0 saturated carbocycles. The Balaban J connectivity index is 1.63. The van der Waals surface area contributed by atoms with E-state index in [4.69, 9.17) is 9.47 Å². The van der Waals surface area contributed by atoms with E-state index < -0.39 is 5.91 Å². The van der Waals surface area contributed by atoms with Crippen LogP contribution >= 0.6 is 0 Å². The normalized spacial score (nSPS) is 10.7. The van der Waals surface area contributed by atoms with E-state index in [1.807, 2.05) is 19.1 Å². The third-order valence-electron chi connectivity index (χ3n) is 5.06. The van der Waals surface area contributed by atoms with Gasteiger partial charge in [-0.25, -0.2) is 4.68 Å². The number of nitrogens with zero attached hydrogens (tertiary/aromatic N) is 3. The Morgan fingerprint density at radius 1 is 1.06 bits per heavy atom. The lowest BCUT2D eigenvalue weighted by Crippen LogP contribution is -2.27. The summed E-state index contributed by atoms with van der Waals surface area (Å²) in [6.45, 7) is 2.68. The Morgan fingerprint density at radius 3 is 2.61 bits per heavy atom. The molecule has 0 unspecified atom stereocenters. The van der Waals surface area contributed by atoms with E-state index in [9.17, 15) is 9.59 Å². The number of hydrogen-bond acceptors (Lipinski definition) is 6. The predicted molar refractivity (Wildman–Crippen MR) is 126 cm³/mol. The zero-order chi connectivity index (χ0) is 23.2. The summed E-state index contributed by atoms with van der Waals surface area (Å²) in [5.41, 5.74) is 1.40. The van der Waals surface area contributed by atoms with Gasteiger partial charge in [-0.05, 0) is 30.7 Å². The number of carbonyl (C=O) groups is 1. The van der Waals surface area contributed by atoms with Crippen LogP contribution in [0.25, 0.3) is 10.8 Å². The van der Waals surface area contributed by atoms with Crippen molar-refractivity contribution in [1.82, 2.24) is 14.8 Å². The highest BCUT2D eigenvalue weighted by Crippen LogP contribution is 2.31. The maximum absolute atomic E-state index is 13.2. The molecule has 2 aromatic carbocycles. The lowest BCUT2D eigenvalue weighted by Gasteiger charge is -2.14. The number of fused-ring (bicyclic) bond motifs is 1. The number of rotatable bonds is 8. The quantitative estimate of drug-likeness (QED) is 0.441. The molecule has 8 nitrogen and oxygen atoms in total. The molecule has 0 fully saturated rings. The average molecular weight is 444 g/mol. The van der Waals surface area contributed by atoms with Crippen molar-refractivity contribution < 1.29 is 14.3 Å². The highest BCUT2D eigenvalue weighted by Gasteiger charge is 2.17. The van der Waals surface area contributed by atoms with Crippen LogP contribution in [0.1, 0.15) is 29.4 Å². The highest BCUT2D eigenvalue weighted by molar-refractivity contribution is 6.11. The summed E-state index contributed by atoms with van der Waals surface area (Å²) in [7, 11) is 1.55. The first kappa shape index (κ1) is 22.0. The van der Waals surface area contributed by atoms with E-state index in [1.54, 1.807) is 62.0 Å². The van der Waals surface area contributed by atoms with Crippen molar-refractivity contribution in [2.45, 2.75) is 26.5 Å². The number of carbonyl (C=O) groups excluding carboxylic acids is 1. The lowest BCUT2D eigenvalue weighted by molar-refractivity contribution is 0.102. The molecule has 33 heavy (non-hydrogen) atoms. The zero-order valence-corrected chi connectivity index (χ0v) is 18.4. The van der Waals surface area contributed by atoms with Crippen molar-refractivity contribution in [3.63, 3.8) is 0 Å². The fourth-order valence-electron chi connectivity index (χ4n) is 3.47. The van der Waals surface area contributed by atoms with Gasteiger partial charge in [0.05, 0.1) is 12.5 Å². The number of pyridine rings is 1. The van der Waals surface area contributed by atoms with Gasteiger partial charge in [-0.15, -0.1) is 0 Å². The van der Waals surface area contributed by atoms with Crippen LogP contribution in [0.2, 0.25) is 0 Å². The molecule has 0 bridgehead atoms. The van der Waals surface area contributed by atoms with Crippen molar-refractivity contribution in [1.29, 1.82) is 0 Å². The second kappa shape index (κ2) is 9.95. The number of benzene rings is 2. The van der Waals surface area contributed by atoms with Crippen molar-refractivity contribution in [3.8, 4) is 11.5 Å². The number of hydrogen-bond donors (Lipinski definition) is 1. The van der Waals surface area contributed by atoms with Crippen LogP contribution < -0.4 is 20.3 Å². The molecule has 2 heterocycles. The number of nitrogens with one attached hydrogen (secondary N) is 1. The Morgan fingerprint density at radius 2 is 1.88 bits per heavy atom. The first-order valence-electron chi connectivity index (χ1n) is 10.6. The minimum Gasteiger partial charge on any atom is -0.493 e. The fourth-order valence-corrected chi connectivity index (χ4v) is 3.47. The second-order valence-corrected chi connectivity index (χ2v) is 7.39. The second-order valence-electron chi connectivity index (χ2n) is 7.39. The number of ether oxygens (including phenoxy) is 2. The predicted octanol–water partition coefficient (Wildman–Crippen LogP) is 4.04. The standard InChI is InChI=1S/C25H24N4O4/c1-3-13-29-25(31)20-9-5-4-8-19(20)23(28-29)24(30)27-18-10-11-21(32-2)22(14-18)33-16-17-7-6-12-26-15-17/h4-12,14-15H,3,13,16H2,1-2H3,(H,27,30). The Labute approximate surface area is 190 Å². The van der Waals surface area contributed by atoms with Crippen molar-refractivity contribution >= 4 is 22.4 Å².